The van der Waals surface area contributed by atoms with Crippen LogP contribution in [0.2, 0.25) is 0 Å². The van der Waals surface area contributed by atoms with Crippen molar-refractivity contribution in [3.05, 3.63) is 71.4 Å². The van der Waals surface area contributed by atoms with E-state index in [1.54, 1.807) is 19.2 Å². The van der Waals surface area contributed by atoms with Crippen molar-refractivity contribution in [2.24, 2.45) is 11.7 Å². The number of anilines is 1. The molecule has 9 nitrogen and oxygen atoms in total. The summed E-state index contributed by atoms with van der Waals surface area (Å²) in [5.41, 5.74) is 4.58. The third kappa shape index (κ3) is 6.33. The highest BCUT2D eigenvalue weighted by atomic mass is 19.1. The molecular weight excluding hydrogens is 539 g/mol. The molecule has 1 aliphatic carbocycles. The van der Waals surface area contributed by atoms with Gasteiger partial charge < -0.3 is 25.8 Å². The summed E-state index contributed by atoms with van der Waals surface area (Å²) < 4.78 is 49.8. The summed E-state index contributed by atoms with van der Waals surface area (Å²) in [4.78, 5) is 34.2. The highest BCUT2D eigenvalue weighted by Gasteiger charge is 2.42. The fourth-order valence-electron chi connectivity index (χ4n) is 4.86. The van der Waals surface area contributed by atoms with Crippen molar-refractivity contribution in [2.75, 3.05) is 26.0 Å². The largest absolute Gasteiger partial charge is 0.484 e. The molecule has 12 heteroatoms. The minimum atomic E-state index is -1.19. The van der Waals surface area contributed by atoms with Gasteiger partial charge >= 0.3 is 0 Å². The normalized spacial score (nSPS) is 22.2. The lowest BCUT2D eigenvalue weighted by molar-refractivity contribution is -0.130. The molecule has 4 rings (SSSR count). The van der Waals surface area contributed by atoms with Gasteiger partial charge in [-0.25, -0.2) is 18.2 Å². The van der Waals surface area contributed by atoms with Gasteiger partial charge in [-0.05, 0) is 55.4 Å². The van der Waals surface area contributed by atoms with E-state index in [0.29, 0.717) is 18.5 Å². The third-order valence-corrected chi connectivity index (χ3v) is 7.66. The van der Waals surface area contributed by atoms with Gasteiger partial charge in [-0.2, -0.15) is 0 Å². The first-order valence-electron chi connectivity index (χ1n) is 13.0. The number of aromatic nitrogens is 2. The highest BCUT2D eigenvalue weighted by Crippen LogP contribution is 2.43. The minimum Gasteiger partial charge on any atom is -0.484 e. The number of carbonyl (C=O) groups excluding carboxylic acids is 2. The van der Waals surface area contributed by atoms with Gasteiger partial charge in [0.15, 0.2) is 6.61 Å². The van der Waals surface area contributed by atoms with Crippen LogP contribution in [0.15, 0.2) is 42.7 Å². The van der Waals surface area contributed by atoms with Crippen LogP contribution < -0.4 is 15.8 Å². The number of nitrogens with zero attached hydrogens (tertiary/aromatic N) is 3. The van der Waals surface area contributed by atoms with Gasteiger partial charge in [0.2, 0.25) is 0 Å². The molecule has 3 aromatic rings. The van der Waals surface area contributed by atoms with Crippen molar-refractivity contribution in [2.45, 2.75) is 44.2 Å². The Hall–Kier alpha value is -4.03. The zero-order valence-electron chi connectivity index (χ0n) is 23.1. The van der Waals surface area contributed by atoms with Gasteiger partial charge in [-0.15, -0.1) is 0 Å². The molecule has 2 heterocycles. The van der Waals surface area contributed by atoms with E-state index in [0.717, 1.165) is 29.8 Å². The standard InChI is InChI=1S/C29H32F3N5O4/c1-15-9-16(10-24(33)29(15,2)40)18-7-8-34-13-23(18)36-28(39)22-6-5-19(30)27(35-22)26-20(31)11-17(12-21(26)32)41-14-25(38)37(3)4/h5-8,11-13,15-16,24,40H,9-10,14,33H2,1-4H3,(H,36,39)/t15-,16+,24+,29+/m0/s1. The molecule has 0 aliphatic heterocycles. The molecule has 2 amide bonds. The Labute approximate surface area is 235 Å². The molecule has 218 valence electrons. The van der Waals surface area contributed by atoms with Crippen molar-refractivity contribution in [1.29, 1.82) is 0 Å². The van der Waals surface area contributed by atoms with Gasteiger partial charge in [0, 0.05) is 38.5 Å². The fraction of sp³-hybridized carbons (Fsp3) is 0.379. The van der Waals surface area contributed by atoms with E-state index in [2.05, 4.69) is 15.3 Å². The van der Waals surface area contributed by atoms with Crippen LogP contribution in [0.4, 0.5) is 18.9 Å². The van der Waals surface area contributed by atoms with Crippen LogP contribution in [0.25, 0.3) is 11.3 Å². The number of likely N-dealkylation sites (N-methyl/N-ethyl adjacent to an activating group) is 1. The van der Waals surface area contributed by atoms with Crippen LogP contribution in [-0.4, -0.2) is 64.1 Å². The molecule has 41 heavy (non-hydrogen) atoms. The molecule has 0 bridgehead atoms. The van der Waals surface area contributed by atoms with E-state index in [1.807, 2.05) is 6.92 Å². The van der Waals surface area contributed by atoms with Crippen LogP contribution in [-0.2, 0) is 4.79 Å². The maximum atomic E-state index is 15.0. The molecule has 1 aromatic carbocycles. The number of benzene rings is 1. The molecule has 0 spiro atoms. The number of pyridine rings is 2. The molecule has 2 aromatic heterocycles. The van der Waals surface area contributed by atoms with Crippen LogP contribution in [0.3, 0.4) is 0 Å². The summed E-state index contributed by atoms with van der Waals surface area (Å²) >= 11 is 0. The third-order valence-electron chi connectivity index (χ3n) is 7.66. The molecule has 1 saturated carbocycles. The Morgan fingerprint density at radius 3 is 2.46 bits per heavy atom. The quantitative estimate of drug-likeness (QED) is 0.393. The minimum absolute atomic E-state index is 0.0767. The second kappa shape index (κ2) is 11.8. The number of hydrogen-bond acceptors (Lipinski definition) is 7. The van der Waals surface area contributed by atoms with Crippen LogP contribution in [0.5, 0.6) is 5.75 Å². The first-order chi connectivity index (χ1) is 19.3. The summed E-state index contributed by atoms with van der Waals surface area (Å²) in [6, 6.07) is 4.88. The lowest BCUT2D eigenvalue weighted by Crippen LogP contribution is -2.54. The molecule has 0 unspecified atom stereocenters. The predicted molar refractivity (Wildman–Crippen MR) is 146 cm³/mol. The Kier molecular flexibility index (Phi) is 8.64. The number of ether oxygens (including phenoxy) is 1. The van der Waals surface area contributed by atoms with Crippen molar-refractivity contribution in [3.8, 4) is 17.0 Å². The number of aliphatic hydroxyl groups is 1. The molecule has 0 saturated heterocycles. The summed E-state index contributed by atoms with van der Waals surface area (Å²) in [6.07, 6.45) is 4.13. The molecule has 0 radical (unpaired) electrons. The summed E-state index contributed by atoms with van der Waals surface area (Å²) in [5, 5.41) is 13.4. The monoisotopic (exact) mass is 571 g/mol. The van der Waals surface area contributed by atoms with Gasteiger partial charge in [0.1, 0.15) is 34.6 Å². The number of halogens is 3. The van der Waals surface area contributed by atoms with Crippen molar-refractivity contribution < 1.29 is 32.6 Å². The van der Waals surface area contributed by atoms with Crippen molar-refractivity contribution in [3.63, 3.8) is 0 Å². The molecule has 1 fully saturated rings. The van der Waals surface area contributed by atoms with Crippen molar-refractivity contribution >= 4 is 17.5 Å². The summed E-state index contributed by atoms with van der Waals surface area (Å²) in [5.74, 6) is -5.04. The second-order valence-corrected chi connectivity index (χ2v) is 10.7. The number of hydrogen-bond donors (Lipinski definition) is 3. The number of rotatable bonds is 7. The lowest BCUT2D eigenvalue weighted by Gasteiger charge is -2.44. The molecule has 4 N–H and O–H groups in total. The van der Waals surface area contributed by atoms with Crippen LogP contribution >= 0.6 is 0 Å². The van der Waals surface area contributed by atoms with Gasteiger partial charge in [-0.3, -0.25) is 14.6 Å². The van der Waals surface area contributed by atoms with Gasteiger partial charge in [0.25, 0.3) is 11.8 Å². The maximum absolute atomic E-state index is 15.0. The zero-order chi connectivity index (χ0) is 30.1. The molecular formula is C29H32F3N5O4. The Bertz CT molecular complexity index is 1430. The van der Waals surface area contributed by atoms with Crippen molar-refractivity contribution in [1.82, 2.24) is 14.9 Å². The Morgan fingerprint density at radius 2 is 1.83 bits per heavy atom. The zero-order valence-corrected chi connectivity index (χ0v) is 23.1. The van der Waals surface area contributed by atoms with Crippen LogP contribution in [0.1, 0.15) is 48.7 Å². The first-order valence-corrected chi connectivity index (χ1v) is 13.0. The van der Waals surface area contributed by atoms with E-state index in [-0.39, 0.29) is 23.3 Å². The highest BCUT2D eigenvalue weighted by molar-refractivity contribution is 6.03. The lowest BCUT2D eigenvalue weighted by atomic mass is 9.68. The Morgan fingerprint density at radius 1 is 1.15 bits per heavy atom. The topological polar surface area (TPSA) is 131 Å². The first kappa shape index (κ1) is 29.9. The number of amides is 2. The van der Waals surface area contributed by atoms with E-state index < -0.39 is 58.8 Å². The van der Waals surface area contributed by atoms with E-state index in [4.69, 9.17) is 10.5 Å². The van der Waals surface area contributed by atoms with E-state index in [1.165, 1.54) is 25.2 Å². The molecule has 4 atom stereocenters. The van der Waals surface area contributed by atoms with E-state index in [9.17, 15) is 27.9 Å². The maximum Gasteiger partial charge on any atom is 0.274 e. The van der Waals surface area contributed by atoms with Crippen LogP contribution in [0, 0.1) is 23.4 Å². The molecule has 1 aliphatic rings. The SMILES string of the molecule is C[C@H]1C[C@@H](c2ccncc2NC(=O)c2ccc(F)c(-c3c(F)cc(OCC(=O)N(C)C)cc3F)n2)C[C@@H](N)[C@]1(C)O. The number of nitrogens with two attached hydrogens (primary N) is 1. The fourth-order valence-corrected chi connectivity index (χ4v) is 4.86. The van der Waals surface area contributed by atoms with Gasteiger partial charge in [-0.1, -0.05) is 6.92 Å². The average molecular weight is 572 g/mol. The Balaban J connectivity index is 1.58. The predicted octanol–water partition coefficient (Wildman–Crippen LogP) is 3.87. The smallest absolute Gasteiger partial charge is 0.274 e. The van der Waals surface area contributed by atoms with E-state index >= 15 is 0 Å². The average Bonchev–Trinajstić information content (AvgIpc) is 2.91. The second-order valence-electron chi connectivity index (χ2n) is 10.7. The summed E-state index contributed by atoms with van der Waals surface area (Å²) in [6.45, 7) is 3.18. The number of carbonyl (C=O) groups is 2. The van der Waals surface area contributed by atoms with Gasteiger partial charge in [0.05, 0.1) is 23.0 Å². The number of nitrogens with one attached hydrogen (secondary N) is 1. The summed E-state index contributed by atoms with van der Waals surface area (Å²) in [7, 11) is 3.00.